The van der Waals surface area contributed by atoms with Gasteiger partial charge in [-0.15, -0.1) is 11.3 Å². The first-order chi connectivity index (χ1) is 25.7. The SMILES string of the molecule is CC1(C)CC(C)(C)c2cc3c4c(oc3cc21)CCC(N(c1ccc(-c2ccccc2)cc1C1=CC=CC#CC1)c1cccc2c1sc1ccccc12)=C4. The Morgan fingerprint density at radius 2 is 1.51 bits per heavy atom. The quantitative estimate of drug-likeness (QED) is 0.166. The molecule has 0 unspecified atom stereocenters. The maximum absolute atomic E-state index is 6.73. The molecule has 7 aromatic rings. The number of anilines is 2. The van der Waals surface area contributed by atoms with Crippen LogP contribution in [0.1, 0.15) is 75.0 Å². The van der Waals surface area contributed by atoms with Crippen LogP contribution in [0.25, 0.3) is 53.9 Å². The van der Waals surface area contributed by atoms with E-state index in [0.717, 1.165) is 30.6 Å². The molecule has 2 heterocycles. The number of thiophene rings is 1. The van der Waals surface area contributed by atoms with E-state index in [1.807, 2.05) is 17.4 Å². The van der Waals surface area contributed by atoms with Crippen molar-refractivity contribution in [2.24, 2.45) is 0 Å². The first-order valence-electron chi connectivity index (χ1n) is 18.8. The highest BCUT2D eigenvalue weighted by Gasteiger charge is 2.42. The van der Waals surface area contributed by atoms with Gasteiger partial charge < -0.3 is 9.32 Å². The van der Waals surface area contributed by atoms with E-state index in [9.17, 15) is 0 Å². The van der Waals surface area contributed by atoms with Crippen LogP contribution >= 0.6 is 11.3 Å². The number of rotatable bonds is 5. The molecule has 2 aromatic heterocycles. The van der Waals surface area contributed by atoms with Gasteiger partial charge in [0.15, 0.2) is 0 Å². The van der Waals surface area contributed by atoms with Crippen LogP contribution in [0.4, 0.5) is 11.4 Å². The molecule has 0 amide bonds. The van der Waals surface area contributed by atoms with E-state index in [0.29, 0.717) is 6.42 Å². The third-order valence-corrected chi connectivity index (χ3v) is 12.9. The van der Waals surface area contributed by atoms with E-state index >= 15 is 0 Å². The first kappa shape index (κ1) is 32.1. The summed E-state index contributed by atoms with van der Waals surface area (Å²) in [7, 11) is 0. The van der Waals surface area contributed by atoms with Crippen LogP contribution in [0, 0.1) is 11.8 Å². The number of hydrogen-bond acceptors (Lipinski definition) is 3. The molecule has 0 N–H and O–H groups in total. The number of furan rings is 1. The van der Waals surface area contributed by atoms with E-state index in [4.69, 9.17) is 4.42 Å². The minimum Gasteiger partial charge on any atom is -0.460 e. The van der Waals surface area contributed by atoms with Gasteiger partial charge in [-0.05, 0) is 100 Å². The Labute approximate surface area is 315 Å². The van der Waals surface area contributed by atoms with Gasteiger partial charge in [0.1, 0.15) is 11.3 Å². The zero-order valence-electron chi connectivity index (χ0n) is 30.7. The Balaban J connectivity index is 1.23. The second-order valence-electron chi connectivity index (χ2n) is 16.1. The number of aryl methyl sites for hydroxylation is 1. The molecule has 258 valence electrons. The number of allylic oxidation sites excluding steroid dienone is 5. The summed E-state index contributed by atoms with van der Waals surface area (Å²) in [6.07, 6.45) is 12.3. The molecule has 53 heavy (non-hydrogen) atoms. The zero-order chi connectivity index (χ0) is 35.9. The lowest BCUT2D eigenvalue weighted by atomic mass is 9.82. The fourth-order valence-electron chi connectivity index (χ4n) is 9.44. The third kappa shape index (κ3) is 5.23. The molecule has 0 saturated carbocycles. The number of benzene rings is 5. The van der Waals surface area contributed by atoms with Crippen molar-refractivity contribution >= 4 is 65.5 Å². The lowest BCUT2D eigenvalue weighted by Gasteiger charge is -2.32. The number of nitrogens with zero attached hydrogens (tertiary/aromatic N) is 1. The fourth-order valence-corrected chi connectivity index (χ4v) is 10.6. The van der Waals surface area contributed by atoms with Gasteiger partial charge in [-0.3, -0.25) is 0 Å². The van der Waals surface area contributed by atoms with Crippen LogP contribution in [-0.4, -0.2) is 0 Å². The van der Waals surface area contributed by atoms with Crippen molar-refractivity contribution in [3.8, 4) is 23.0 Å². The van der Waals surface area contributed by atoms with Gasteiger partial charge in [-0.1, -0.05) is 118 Å². The van der Waals surface area contributed by atoms with Gasteiger partial charge in [-0.2, -0.15) is 0 Å². The van der Waals surface area contributed by atoms with Gasteiger partial charge in [-0.25, -0.2) is 0 Å². The highest BCUT2D eigenvalue weighted by atomic mass is 32.1. The van der Waals surface area contributed by atoms with Gasteiger partial charge >= 0.3 is 0 Å². The molecule has 3 aliphatic rings. The van der Waals surface area contributed by atoms with Crippen molar-refractivity contribution in [1.29, 1.82) is 0 Å². The molecule has 0 spiro atoms. The molecule has 3 aliphatic carbocycles. The summed E-state index contributed by atoms with van der Waals surface area (Å²) in [4.78, 5) is 2.56. The summed E-state index contributed by atoms with van der Waals surface area (Å²) in [5, 5.41) is 3.83. The van der Waals surface area contributed by atoms with E-state index in [1.54, 1.807) is 0 Å². The molecule has 10 rings (SSSR count). The van der Waals surface area contributed by atoms with Gasteiger partial charge in [0, 0.05) is 50.5 Å². The van der Waals surface area contributed by atoms with E-state index in [1.165, 1.54) is 81.6 Å². The Kier molecular flexibility index (Phi) is 7.26. The standard InChI is InChI=1S/C50H41NOS/c1-49(2)31-50(3,4)42-30-46-40(29-41(42)49)39-28-35(24-26-45(39)52-46)51(44-21-14-20-37-36-19-12-13-22-47(36)53-48(37)44)43-25-23-34(32-15-10-7-11-16-32)27-38(43)33-17-8-5-6-9-18-33/h5,7-8,10-17,19-23,25,27-30H,18,24,26,31H2,1-4H3. The van der Waals surface area contributed by atoms with Gasteiger partial charge in [0.2, 0.25) is 0 Å². The average Bonchev–Trinajstić information content (AvgIpc) is 3.67. The van der Waals surface area contributed by atoms with Crippen LogP contribution in [0.3, 0.4) is 0 Å². The van der Waals surface area contributed by atoms with E-state index < -0.39 is 0 Å². The lowest BCUT2D eigenvalue weighted by Crippen LogP contribution is -2.20. The van der Waals surface area contributed by atoms with E-state index in [2.05, 4.69) is 166 Å². The van der Waals surface area contributed by atoms with Gasteiger partial charge in [0.25, 0.3) is 0 Å². The predicted octanol–water partition coefficient (Wildman–Crippen LogP) is 13.9. The Morgan fingerprint density at radius 3 is 2.38 bits per heavy atom. The summed E-state index contributed by atoms with van der Waals surface area (Å²) in [5.41, 5.74) is 13.8. The van der Waals surface area contributed by atoms with Crippen LogP contribution in [0.2, 0.25) is 0 Å². The maximum atomic E-state index is 6.73. The summed E-state index contributed by atoms with van der Waals surface area (Å²) in [5.74, 6) is 7.71. The predicted molar refractivity (Wildman–Crippen MR) is 226 cm³/mol. The minimum absolute atomic E-state index is 0.112. The topological polar surface area (TPSA) is 16.4 Å². The Morgan fingerprint density at radius 1 is 0.717 bits per heavy atom. The average molecular weight is 704 g/mol. The van der Waals surface area contributed by atoms with Crippen LogP contribution in [0.5, 0.6) is 0 Å². The van der Waals surface area contributed by atoms with E-state index in [-0.39, 0.29) is 10.8 Å². The van der Waals surface area contributed by atoms with Crippen molar-refractivity contribution in [2.75, 3.05) is 4.90 Å². The lowest BCUT2D eigenvalue weighted by molar-refractivity contribution is 0.403. The smallest absolute Gasteiger partial charge is 0.135 e. The van der Waals surface area contributed by atoms with Crippen LogP contribution < -0.4 is 4.90 Å². The molecule has 3 heteroatoms. The highest BCUT2D eigenvalue weighted by molar-refractivity contribution is 7.26. The maximum Gasteiger partial charge on any atom is 0.135 e. The second kappa shape index (κ2) is 12.0. The van der Waals surface area contributed by atoms with Crippen molar-refractivity contribution < 1.29 is 4.42 Å². The molecule has 0 aliphatic heterocycles. The highest BCUT2D eigenvalue weighted by Crippen LogP contribution is 2.52. The molecule has 0 fully saturated rings. The molecular formula is C50H41NOS. The molecule has 2 nitrogen and oxygen atoms in total. The zero-order valence-corrected chi connectivity index (χ0v) is 31.5. The monoisotopic (exact) mass is 703 g/mol. The molecule has 0 atom stereocenters. The van der Waals surface area contributed by atoms with Crippen molar-refractivity contribution in [2.45, 2.75) is 64.2 Å². The Hall–Kier alpha value is -5.56. The normalized spacial score (nSPS) is 16.8. The Bertz CT molecular complexity index is 2790. The third-order valence-electron chi connectivity index (χ3n) is 11.7. The largest absolute Gasteiger partial charge is 0.460 e. The number of fused-ring (bicyclic) bond motifs is 7. The molecule has 0 bridgehead atoms. The van der Waals surface area contributed by atoms with Crippen molar-refractivity contribution in [1.82, 2.24) is 0 Å². The summed E-state index contributed by atoms with van der Waals surface area (Å²) in [6, 6.07) is 38.2. The molecule has 0 radical (unpaired) electrons. The minimum atomic E-state index is 0.112. The van der Waals surface area contributed by atoms with Crippen molar-refractivity contribution in [3.05, 3.63) is 155 Å². The number of hydrogen-bond donors (Lipinski definition) is 0. The summed E-state index contributed by atoms with van der Waals surface area (Å²) < 4.78 is 9.34. The van der Waals surface area contributed by atoms with Crippen LogP contribution in [-0.2, 0) is 17.3 Å². The molecule has 0 saturated heterocycles. The van der Waals surface area contributed by atoms with Crippen molar-refractivity contribution in [3.63, 3.8) is 0 Å². The molecule has 5 aromatic carbocycles. The summed E-state index contributed by atoms with van der Waals surface area (Å²) >= 11 is 1.89. The first-order valence-corrected chi connectivity index (χ1v) is 19.6. The van der Waals surface area contributed by atoms with Gasteiger partial charge in [0.05, 0.1) is 16.1 Å². The second-order valence-corrected chi connectivity index (χ2v) is 17.2. The fraction of sp³-hybridized carbons (Fsp3) is 0.200. The van der Waals surface area contributed by atoms with Crippen LogP contribution in [0.15, 0.2) is 131 Å². The summed E-state index contributed by atoms with van der Waals surface area (Å²) in [6.45, 7) is 9.56. The molecular weight excluding hydrogens is 663 g/mol.